The van der Waals surface area contributed by atoms with Gasteiger partial charge in [-0.15, -0.1) is 0 Å². The number of carbonyl (C=O) groups is 1. The fourth-order valence-corrected chi connectivity index (χ4v) is 3.97. The molecule has 0 spiro atoms. The van der Waals surface area contributed by atoms with E-state index in [-0.39, 0.29) is 11.9 Å². The van der Waals surface area contributed by atoms with Crippen molar-refractivity contribution in [1.29, 1.82) is 0 Å². The third kappa shape index (κ3) is 5.06. The van der Waals surface area contributed by atoms with Gasteiger partial charge >= 0.3 is 0 Å². The van der Waals surface area contributed by atoms with Crippen LogP contribution in [0, 0.1) is 11.6 Å². The zero-order valence-electron chi connectivity index (χ0n) is 17.1. The lowest BCUT2D eigenvalue weighted by atomic mass is 9.96. The van der Waals surface area contributed by atoms with Gasteiger partial charge < -0.3 is 4.90 Å². The van der Waals surface area contributed by atoms with Crippen molar-refractivity contribution in [2.45, 2.75) is 6.04 Å². The quantitative estimate of drug-likeness (QED) is 0.550. The molecule has 0 unspecified atom stereocenters. The molecule has 0 atom stereocenters. The van der Waals surface area contributed by atoms with Crippen molar-refractivity contribution in [1.82, 2.24) is 9.80 Å². The van der Waals surface area contributed by atoms with Crippen LogP contribution in [0.3, 0.4) is 0 Å². The predicted molar refractivity (Wildman–Crippen MR) is 118 cm³/mol. The molecule has 0 saturated carbocycles. The molecular formula is C26H24F2N2O. The molecule has 1 amide bonds. The van der Waals surface area contributed by atoms with E-state index in [9.17, 15) is 13.6 Å². The van der Waals surface area contributed by atoms with E-state index in [2.05, 4.69) is 29.2 Å². The molecule has 0 bridgehead atoms. The van der Waals surface area contributed by atoms with Crippen molar-refractivity contribution in [2.24, 2.45) is 0 Å². The zero-order valence-corrected chi connectivity index (χ0v) is 17.1. The van der Waals surface area contributed by atoms with Gasteiger partial charge in [0, 0.05) is 32.3 Å². The summed E-state index contributed by atoms with van der Waals surface area (Å²) in [6.07, 6.45) is 2.95. The van der Waals surface area contributed by atoms with E-state index >= 15 is 0 Å². The van der Waals surface area contributed by atoms with Gasteiger partial charge in [0.1, 0.15) is 0 Å². The molecular weight excluding hydrogens is 394 g/mol. The van der Waals surface area contributed by atoms with Gasteiger partial charge in [-0.25, -0.2) is 8.78 Å². The Kier molecular flexibility index (Phi) is 6.53. The molecule has 1 aliphatic heterocycles. The highest BCUT2D eigenvalue weighted by Gasteiger charge is 2.27. The molecule has 1 fully saturated rings. The van der Waals surface area contributed by atoms with Gasteiger partial charge in [-0.3, -0.25) is 9.69 Å². The summed E-state index contributed by atoms with van der Waals surface area (Å²) in [5.74, 6) is -1.94. The van der Waals surface area contributed by atoms with Gasteiger partial charge in [-0.1, -0.05) is 66.7 Å². The normalized spacial score (nSPS) is 15.0. The topological polar surface area (TPSA) is 23.6 Å². The fraction of sp³-hybridized carbons (Fsp3) is 0.192. The summed E-state index contributed by atoms with van der Waals surface area (Å²) in [6, 6.07) is 24.5. The van der Waals surface area contributed by atoms with E-state index in [1.807, 2.05) is 36.4 Å². The number of amides is 1. The lowest BCUT2D eigenvalue weighted by Gasteiger charge is -2.39. The highest BCUT2D eigenvalue weighted by molar-refractivity contribution is 5.91. The minimum absolute atomic E-state index is 0.125. The van der Waals surface area contributed by atoms with Crippen molar-refractivity contribution in [3.05, 3.63) is 113 Å². The molecule has 3 nitrogen and oxygen atoms in total. The van der Waals surface area contributed by atoms with Crippen molar-refractivity contribution >= 4 is 12.0 Å². The molecule has 0 aliphatic carbocycles. The van der Waals surface area contributed by atoms with Gasteiger partial charge in [0.15, 0.2) is 11.6 Å². The van der Waals surface area contributed by atoms with E-state index < -0.39 is 11.6 Å². The van der Waals surface area contributed by atoms with Crippen LogP contribution < -0.4 is 0 Å². The SMILES string of the molecule is O=C(/C=C/c1ccc(F)c(F)c1)N1CCN(C(c2ccccc2)c2ccccc2)CC1. The third-order valence-corrected chi connectivity index (χ3v) is 5.58. The number of benzene rings is 3. The zero-order chi connectivity index (χ0) is 21.6. The highest BCUT2D eigenvalue weighted by Crippen LogP contribution is 2.29. The average molecular weight is 418 g/mol. The molecule has 0 N–H and O–H groups in total. The largest absolute Gasteiger partial charge is 0.337 e. The summed E-state index contributed by atoms with van der Waals surface area (Å²) in [7, 11) is 0. The minimum Gasteiger partial charge on any atom is -0.337 e. The summed E-state index contributed by atoms with van der Waals surface area (Å²) in [5.41, 5.74) is 2.91. The van der Waals surface area contributed by atoms with E-state index in [0.29, 0.717) is 18.7 Å². The summed E-state index contributed by atoms with van der Waals surface area (Å²) in [4.78, 5) is 16.8. The molecule has 31 heavy (non-hydrogen) atoms. The Morgan fingerprint density at radius 1 is 0.774 bits per heavy atom. The van der Waals surface area contributed by atoms with Crippen LogP contribution in [0.4, 0.5) is 8.78 Å². The van der Waals surface area contributed by atoms with Gasteiger partial charge in [0.25, 0.3) is 0 Å². The standard InChI is InChI=1S/C26H24F2N2O/c27-23-13-11-20(19-24(23)28)12-14-25(31)29-15-17-30(18-16-29)26(21-7-3-1-4-8-21)22-9-5-2-6-10-22/h1-14,19,26H,15-18H2/b14-12+. The Morgan fingerprint density at radius 3 is 1.90 bits per heavy atom. The molecule has 1 aliphatic rings. The number of piperazine rings is 1. The number of rotatable bonds is 5. The molecule has 5 heteroatoms. The first kappa shape index (κ1) is 20.9. The second-order valence-electron chi connectivity index (χ2n) is 7.59. The number of carbonyl (C=O) groups excluding carboxylic acids is 1. The number of hydrogen-bond donors (Lipinski definition) is 0. The number of hydrogen-bond acceptors (Lipinski definition) is 2. The van der Waals surface area contributed by atoms with Crippen molar-refractivity contribution < 1.29 is 13.6 Å². The van der Waals surface area contributed by atoms with E-state index in [4.69, 9.17) is 0 Å². The lowest BCUT2D eigenvalue weighted by Crippen LogP contribution is -2.49. The molecule has 158 valence electrons. The Labute approximate surface area is 181 Å². The highest BCUT2D eigenvalue weighted by atomic mass is 19.2. The summed E-state index contributed by atoms with van der Waals surface area (Å²) >= 11 is 0. The second-order valence-corrected chi connectivity index (χ2v) is 7.59. The molecule has 0 aromatic heterocycles. The Bertz CT molecular complexity index is 1010. The molecule has 3 aromatic rings. The Balaban J connectivity index is 1.43. The van der Waals surface area contributed by atoms with Gasteiger partial charge in [-0.05, 0) is 34.9 Å². The van der Waals surface area contributed by atoms with Crippen LogP contribution in [0.15, 0.2) is 84.9 Å². The summed E-state index contributed by atoms with van der Waals surface area (Å²) in [5, 5.41) is 0. The summed E-state index contributed by atoms with van der Waals surface area (Å²) in [6.45, 7) is 2.71. The predicted octanol–water partition coefficient (Wildman–Crippen LogP) is 4.91. The van der Waals surface area contributed by atoms with Crippen LogP contribution in [0.2, 0.25) is 0 Å². The van der Waals surface area contributed by atoms with Gasteiger partial charge in [-0.2, -0.15) is 0 Å². The smallest absolute Gasteiger partial charge is 0.246 e. The third-order valence-electron chi connectivity index (χ3n) is 5.58. The maximum atomic E-state index is 13.3. The first-order valence-corrected chi connectivity index (χ1v) is 10.4. The molecule has 0 radical (unpaired) electrons. The maximum absolute atomic E-state index is 13.3. The monoisotopic (exact) mass is 418 g/mol. The van der Waals surface area contributed by atoms with Crippen molar-refractivity contribution in [2.75, 3.05) is 26.2 Å². The van der Waals surface area contributed by atoms with Crippen LogP contribution in [-0.2, 0) is 4.79 Å². The minimum atomic E-state index is -0.920. The van der Waals surface area contributed by atoms with Crippen molar-refractivity contribution in [3.63, 3.8) is 0 Å². The van der Waals surface area contributed by atoms with Gasteiger partial charge in [0.05, 0.1) is 6.04 Å². The van der Waals surface area contributed by atoms with Crippen LogP contribution in [0.25, 0.3) is 6.08 Å². The summed E-state index contributed by atoms with van der Waals surface area (Å²) < 4.78 is 26.4. The molecule has 3 aromatic carbocycles. The van der Waals surface area contributed by atoms with Crippen molar-refractivity contribution in [3.8, 4) is 0 Å². The fourth-order valence-electron chi connectivity index (χ4n) is 3.97. The molecule has 1 heterocycles. The van der Waals surface area contributed by atoms with Crippen LogP contribution in [0.5, 0.6) is 0 Å². The first-order valence-electron chi connectivity index (χ1n) is 10.4. The molecule has 1 saturated heterocycles. The Hall–Kier alpha value is -3.31. The first-order chi connectivity index (χ1) is 15.1. The number of halogens is 2. The maximum Gasteiger partial charge on any atom is 0.246 e. The van der Waals surface area contributed by atoms with E-state index in [1.165, 1.54) is 29.3 Å². The van der Waals surface area contributed by atoms with E-state index in [1.54, 1.807) is 4.90 Å². The van der Waals surface area contributed by atoms with Crippen LogP contribution in [-0.4, -0.2) is 41.9 Å². The lowest BCUT2D eigenvalue weighted by molar-refractivity contribution is -0.127. The Morgan fingerprint density at radius 2 is 1.35 bits per heavy atom. The average Bonchev–Trinajstić information content (AvgIpc) is 2.82. The second kappa shape index (κ2) is 9.67. The number of nitrogens with zero attached hydrogens (tertiary/aromatic N) is 2. The van der Waals surface area contributed by atoms with Crippen LogP contribution >= 0.6 is 0 Å². The van der Waals surface area contributed by atoms with E-state index in [0.717, 1.165) is 25.2 Å². The van der Waals surface area contributed by atoms with Crippen LogP contribution in [0.1, 0.15) is 22.7 Å². The van der Waals surface area contributed by atoms with Gasteiger partial charge in [0.2, 0.25) is 5.91 Å². The molecule has 4 rings (SSSR count).